The molecule has 0 bridgehead atoms. The van der Waals surface area contributed by atoms with Gasteiger partial charge in [-0.25, -0.2) is 0 Å². The quantitative estimate of drug-likeness (QED) is 0.510. The Morgan fingerprint density at radius 2 is 2.14 bits per heavy atom. The number of carboxylic acids is 1. The molecule has 5 heteroatoms. The fraction of sp³-hybridized carbons (Fsp3) is 0.778. The maximum absolute atomic E-state index is 11.1. The zero-order valence-corrected chi connectivity index (χ0v) is 8.45. The van der Waals surface area contributed by atoms with Crippen LogP contribution in [0.2, 0.25) is 0 Å². The Morgan fingerprint density at radius 3 is 2.64 bits per heavy atom. The third-order valence-corrected chi connectivity index (χ3v) is 1.85. The lowest BCUT2D eigenvalue weighted by atomic mass is 10.1. The molecule has 0 radical (unpaired) electrons. The van der Waals surface area contributed by atoms with Gasteiger partial charge in [-0.3, -0.25) is 9.59 Å². The molecule has 0 heterocycles. The SMILES string of the molecule is CCCCNC(=O)CC[C@H](N)C(=O)O. The predicted octanol–water partition coefficient (Wildman–Crippen LogP) is 0.0948. The smallest absolute Gasteiger partial charge is 0.320 e. The van der Waals surface area contributed by atoms with Crippen LogP contribution in [0.3, 0.4) is 0 Å². The highest BCUT2D eigenvalue weighted by molar-refractivity contribution is 5.78. The molecule has 0 aromatic carbocycles. The fourth-order valence-corrected chi connectivity index (χ4v) is 0.903. The van der Waals surface area contributed by atoms with E-state index in [1.165, 1.54) is 0 Å². The van der Waals surface area contributed by atoms with Gasteiger partial charge in [0.05, 0.1) is 0 Å². The van der Waals surface area contributed by atoms with E-state index >= 15 is 0 Å². The first kappa shape index (κ1) is 12.9. The predicted molar refractivity (Wildman–Crippen MR) is 52.8 cm³/mol. The van der Waals surface area contributed by atoms with Crippen LogP contribution < -0.4 is 11.1 Å². The van der Waals surface area contributed by atoms with Gasteiger partial charge in [0.15, 0.2) is 0 Å². The largest absolute Gasteiger partial charge is 0.480 e. The van der Waals surface area contributed by atoms with Crippen LogP contribution in [-0.2, 0) is 9.59 Å². The Hall–Kier alpha value is -1.10. The average Bonchev–Trinajstić information content (AvgIpc) is 2.14. The molecule has 1 amide bonds. The summed E-state index contributed by atoms with van der Waals surface area (Å²) in [6, 6.07) is -0.938. The number of carbonyl (C=O) groups excluding carboxylic acids is 1. The second kappa shape index (κ2) is 7.32. The molecule has 82 valence electrons. The highest BCUT2D eigenvalue weighted by Crippen LogP contribution is 1.94. The second-order valence-corrected chi connectivity index (χ2v) is 3.19. The van der Waals surface area contributed by atoms with Crippen LogP contribution in [0.5, 0.6) is 0 Å². The first-order chi connectivity index (χ1) is 6.57. The van der Waals surface area contributed by atoms with Crippen molar-refractivity contribution in [3.05, 3.63) is 0 Å². The number of amides is 1. The third kappa shape index (κ3) is 6.42. The van der Waals surface area contributed by atoms with Gasteiger partial charge in [-0.15, -0.1) is 0 Å². The number of carbonyl (C=O) groups is 2. The number of nitrogens with two attached hydrogens (primary N) is 1. The van der Waals surface area contributed by atoms with Gasteiger partial charge in [-0.2, -0.15) is 0 Å². The normalized spacial score (nSPS) is 12.1. The summed E-state index contributed by atoms with van der Waals surface area (Å²) in [4.78, 5) is 21.4. The number of hydrogen-bond donors (Lipinski definition) is 3. The molecule has 5 nitrogen and oxygen atoms in total. The summed E-state index contributed by atoms with van der Waals surface area (Å²) in [6.45, 7) is 2.68. The molecule has 0 fully saturated rings. The lowest BCUT2D eigenvalue weighted by molar-refractivity contribution is -0.138. The maximum Gasteiger partial charge on any atom is 0.320 e. The number of nitrogens with one attached hydrogen (secondary N) is 1. The highest BCUT2D eigenvalue weighted by atomic mass is 16.4. The topological polar surface area (TPSA) is 92.4 Å². The van der Waals surface area contributed by atoms with Crippen LogP contribution in [0.4, 0.5) is 0 Å². The lowest BCUT2D eigenvalue weighted by Crippen LogP contribution is -2.32. The number of carboxylic acid groups (broad SMARTS) is 1. The molecular weight excluding hydrogens is 184 g/mol. The van der Waals surface area contributed by atoms with Crippen LogP contribution in [0.25, 0.3) is 0 Å². The number of rotatable bonds is 7. The molecule has 0 saturated heterocycles. The van der Waals surface area contributed by atoms with Gasteiger partial charge in [0, 0.05) is 13.0 Å². The van der Waals surface area contributed by atoms with Crippen molar-refractivity contribution in [2.45, 2.75) is 38.6 Å². The first-order valence-electron chi connectivity index (χ1n) is 4.83. The maximum atomic E-state index is 11.1. The van der Waals surface area contributed by atoms with Gasteiger partial charge in [-0.05, 0) is 12.8 Å². The van der Waals surface area contributed by atoms with Crippen molar-refractivity contribution in [2.75, 3.05) is 6.54 Å². The van der Waals surface area contributed by atoms with E-state index in [4.69, 9.17) is 10.8 Å². The Labute approximate surface area is 83.7 Å². The van der Waals surface area contributed by atoms with Gasteiger partial charge in [0.2, 0.25) is 5.91 Å². The van der Waals surface area contributed by atoms with Crippen LogP contribution in [0.1, 0.15) is 32.6 Å². The molecular formula is C9H18N2O3. The summed E-state index contributed by atoms with van der Waals surface area (Å²) in [5.41, 5.74) is 5.24. The van der Waals surface area contributed by atoms with E-state index in [2.05, 4.69) is 5.32 Å². The van der Waals surface area contributed by atoms with E-state index in [-0.39, 0.29) is 18.7 Å². The van der Waals surface area contributed by atoms with Crippen molar-refractivity contribution >= 4 is 11.9 Å². The van der Waals surface area contributed by atoms with E-state index in [0.29, 0.717) is 6.54 Å². The molecule has 0 aliphatic carbocycles. The van der Waals surface area contributed by atoms with Crippen molar-refractivity contribution < 1.29 is 14.7 Å². The van der Waals surface area contributed by atoms with Crippen molar-refractivity contribution in [2.24, 2.45) is 5.73 Å². The van der Waals surface area contributed by atoms with Crippen molar-refractivity contribution in [1.82, 2.24) is 5.32 Å². The third-order valence-electron chi connectivity index (χ3n) is 1.85. The standard InChI is InChI=1S/C9H18N2O3/c1-2-3-6-11-8(12)5-4-7(10)9(13)14/h7H,2-6,10H2,1H3,(H,11,12)(H,13,14)/t7-/m0/s1. The minimum Gasteiger partial charge on any atom is -0.480 e. The number of hydrogen-bond acceptors (Lipinski definition) is 3. The van der Waals surface area contributed by atoms with E-state index in [0.717, 1.165) is 12.8 Å². The summed E-state index contributed by atoms with van der Waals surface area (Å²) in [5, 5.41) is 11.1. The lowest BCUT2D eigenvalue weighted by Gasteiger charge is -2.06. The molecule has 0 aliphatic heterocycles. The van der Waals surface area contributed by atoms with E-state index < -0.39 is 12.0 Å². The Bertz CT molecular complexity index is 194. The van der Waals surface area contributed by atoms with Crippen molar-refractivity contribution in [3.8, 4) is 0 Å². The zero-order valence-electron chi connectivity index (χ0n) is 8.45. The molecule has 0 aromatic rings. The Kier molecular flexibility index (Phi) is 6.74. The summed E-state index contributed by atoms with van der Waals surface area (Å²) < 4.78 is 0. The second-order valence-electron chi connectivity index (χ2n) is 3.19. The molecule has 1 atom stereocenters. The Morgan fingerprint density at radius 1 is 1.50 bits per heavy atom. The van der Waals surface area contributed by atoms with Gasteiger partial charge in [0.25, 0.3) is 0 Å². The molecule has 0 aromatic heterocycles. The molecule has 0 aliphatic rings. The van der Waals surface area contributed by atoms with E-state index in [1.807, 2.05) is 6.92 Å². The van der Waals surface area contributed by atoms with Crippen LogP contribution in [0.15, 0.2) is 0 Å². The fourth-order valence-electron chi connectivity index (χ4n) is 0.903. The van der Waals surface area contributed by atoms with Crippen molar-refractivity contribution in [3.63, 3.8) is 0 Å². The summed E-state index contributed by atoms with van der Waals surface area (Å²) in [5.74, 6) is -1.19. The monoisotopic (exact) mass is 202 g/mol. The average molecular weight is 202 g/mol. The van der Waals surface area contributed by atoms with Crippen LogP contribution in [-0.4, -0.2) is 29.6 Å². The first-order valence-corrected chi connectivity index (χ1v) is 4.83. The van der Waals surface area contributed by atoms with Crippen LogP contribution in [0, 0.1) is 0 Å². The van der Waals surface area contributed by atoms with E-state index in [9.17, 15) is 9.59 Å². The van der Waals surface area contributed by atoms with Gasteiger partial charge in [-0.1, -0.05) is 13.3 Å². The molecule has 0 saturated carbocycles. The molecule has 0 unspecified atom stereocenters. The van der Waals surface area contributed by atoms with Crippen molar-refractivity contribution in [1.29, 1.82) is 0 Å². The highest BCUT2D eigenvalue weighted by Gasteiger charge is 2.12. The minimum atomic E-state index is -1.06. The van der Waals surface area contributed by atoms with E-state index in [1.54, 1.807) is 0 Å². The van der Waals surface area contributed by atoms with Gasteiger partial charge >= 0.3 is 5.97 Å². The molecule has 14 heavy (non-hydrogen) atoms. The van der Waals surface area contributed by atoms with Crippen LogP contribution >= 0.6 is 0 Å². The zero-order chi connectivity index (χ0) is 11.0. The summed E-state index contributed by atoms with van der Waals surface area (Å²) >= 11 is 0. The minimum absolute atomic E-state index is 0.129. The van der Waals surface area contributed by atoms with Gasteiger partial charge in [0.1, 0.15) is 6.04 Å². The Balaban J connectivity index is 3.48. The summed E-state index contributed by atoms with van der Waals surface area (Å²) in [6.07, 6.45) is 2.33. The molecule has 4 N–H and O–H groups in total. The number of unbranched alkanes of at least 4 members (excludes halogenated alkanes) is 1. The molecule has 0 spiro atoms. The molecule has 0 rings (SSSR count). The number of aliphatic carboxylic acids is 1. The summed E-state index contributed by atoms with van der Waals surface area (Å²) in [7, 11) is 0. The van der Waals surface area contributed by atoms with Gasteiger partial charge < -0.3 is 16.2 Å².